The van der Waals surface area contributed by atoms with Gasteiger partial charge in [0.2, 0.25) is 0 Å². The van der Waals surface area contributed by atoms with Crippen LogP contribution in [0.4, 0.5) is 0 Å². The van der Waals surface area contributed by atoms with Crippen molar-refractivity contribution >= 4 is 0 Å². The molecule has 0 spiro atoms. The molecule has 0 amide bonds. The number of methoxy groups -OCH3 is 1. The molecule has 1 fully saturated rings. The third-order valence-electron chi connectivity index (χ3n) is 3.58. The number of nitrogens with zero attached hydrogens (tertiary/aromatic N) is 2. The molecule has 96 valence electrons. The summed E-state index contributed by atoms with van der Waals surface area (Å²) in [5.41, 5.74) is 2.48. The quantitative estimate of drug-likeness (QED) is 0.819. The molecule has 1 aromatic rings. The van der Waals surface area contributed by atoms with E-state index in [-0.39, 0.29) is 0 Å². The maximum Gasteiger partial charge on any atom is 0.0625 e. The molecule has 17 heavy (non-hydrogen) atoms. The van der Waals surface area contributed by atoms with Crippen molar-refractivity contribution in [2.24, 2.45) is 0 Å². The third-order valence-corrected chi connectivity index (χ3v) is 3.58. The Kier molecular flexibility index (Phi) is 4.18. The van der Waals surface area contributed by atoms with Gasteiger partial charge in [-0.2, -0.15) is 5.10 Å². The predicted octanol–water partition coefficient (Wildman–Crippen LogP) is 1.73. The van der Waals surface area contributed by atoms with Crippen molar-refractivity contribution in [3.63, 3.8) is 0 Å². The normalized spacial score (nSPS) is 23.7. The minimum atomic E-state index is 0.467. The van der Waals surface area contributed by atoms with Gasteiger partial charge in [0.1, 0.15) is 0 Å². The Morgan fingerprint density at radius 3 is 2.82 bits per heavy atom. The van der Waals surface area contributed by atoms with E-state index in [0.29, 0.717) is 12.1 Å². The molecular weight excluding hydrogens is 214 g/mol. The van der Waals surface area contributed by atoms with Gasteiger partial charge in [0.05, 0.1) is 17.5 Å². The molecule has 1 aliphatic rings. The smallest absolute Gasteiger partial charge is 0.0625 e. The first-order valence-corrected chi connectivity index (χ1v) is 6.58. The number of hydrogen-bond acceptors (Lipinski definition) is 3. The molecular formula is C13H23N3O. The Balaban J connectivity index is 1.84. The van der Waals surface area contributed by atoms with Crippen LogP contribution in [0.2, 0.25) is 0 Å². The molecule has 0 saturated heterocycles. The van der Waals surface area contributed by atoms with E-state index in [1.54, 1.807) is 7.11 Å². The lowest BCUT2D eigenvalue weighted by Gasteiger charge is -2.34. The van der Waals surface area contributed by atoms with Crippen LogP contribution in [0, 0.1) is 0 Å². The Morgan fingerprint density at radius 1 is 1.47 bits per heavy atom. The molecule has 4 nitrogen and oxygen atoms in total. The maximum absolute atomic E-state index is 5.28. The van der Waals surface area contributed by atoms with E-state index in [9.17, 15) is 0 Å². The SMILES string of the molecule is CCc1cc(CNC2CC(OC)C2)n(CC)n1. The Labute approximate surface area is 103 Å². The summed E-state index contributed by atoms with van der Waals surface area (Å²) in [6.07, 6.45) is 3.75. The van der Waals surface area contributed by atoms with Crippen molar-refractivity contribution < 1.29 is 4.74 Å². The Morgan fingerprint density at radius 2 is 2.24 bits per heavy atom. The molecule has 0 radical (unpaired) electrons. The number of aryl methyl sites for hydroxylation is 2. The van der Waals surface area contributed by atoms with E-state index in [0.717, 1.165) is 32.4 Å². The van der Waals surface area contributed by atoms with E-state index >= 15 is 0 Å². The predicted molar refractivity (Wildman–Crippen MR) is 67.9 cm³/mol. The molecule has 0 aliphatic heterocycles. The van der Waals surface area contributed by atoms with Crippen molar-refractivity contribution in [2.75, 3.05) is 7.11 Å². The van der Waals surface area contributed by atoms with Crippen molar-refractivity contribution in [2.45, 2.75) is 58.3 Å². The molecule has 1 saturated carbocycles. The van der Waals surface area contributed by atoms with Crippen LogP contribution in [0.5, 0.6) is 0 Å². The Bertz CT molecular complexity index is 356. The van der Waals surface area contributed by atoms with Crippen LogP contribution in [-0.2, 0) is 24.2 Å². The molecule has 4 heteroatoms. The van der Waals surface area contributed by atoms with Crippen LogP contribution >= 0.6 is 0 Å². The summed E-state index contributed by atoms with van der Waals surface area (Å²) in [6, 6.07) is 2.83. The summed E-state index contributed by atoms with van der Waals surface area (Å²) in [5, 5.41) is 8.12. The lowest BCUT2D eigenvalue weighted by molar-refractivity contribution is 0.0168. The largest absolute Gasteiger partial charge is 0.381 e. The van der Waals surface area contributed by atoms with Gasteiger partial charge in [-0.1, -0.05) is 6.92 Å². The first-order valence-electron chi connectivity index (χ1n) is 6.58. The topological polar surface area (TPSA) is 39.1 Å². The molecule has 2 rings (SSSR count). The van der Waals surface area contributed by atoms with E-state index in [2.05, 4.69) is 35.0 Å². The first kappa shape index (κ1) is 12.6. The highest BCUT2D eigenvalue weighted by atomic mass is 16.5. The second-order valence-electron chi connectivity index (χ2n) is 4.70. The monoisotopic (exact) mass is 237 g/mol. The van der Waals surface area contributed by atoms with E-state index < -0.39 is 0 Å². The molecule has 0 unspecified atom stereocenters. The van der Waals surface area contributed by atoms with E-state index in [4.69, 9.17) is 4.74 Å². The fourth-order valence-electron chi connectivity index (χ4n) is 2.28. The number of nitrogens with one attached hydrogen (secondary N) is 1. The highest BCUT2D eigenvalue weighted by Crippen LogP contribution is 2.22. The zero-order valence-electron chi connectivity index (χ0n) is 11.1. The summed E-state index contributed by atoms with van der Waals surface area (Å²) in [6.45, 7) is 6.15. The van der Waals surface area contributed by atoms with Crippen LogP contribution in [0.1, 0.15) is 38.1 Å². The van der Waals surface area contributed by atoms with Gasteiger partial charge >= 0.3 is 0 Å². The zero-order chi connectivity index (χ0) is 12.3. The molecule has 0 atom stereocenters. The summed E-state index contributed by atoms with van der Waals surface area (Å²) in [4.78, 5) is 0. The third kappa shape index (κ3) is 2.87. The van der Waals surface area contributed by atoms with Crippen molar-refractivity contribution in [1.29, 1.82) is 0 Å². The van der Waals surface area contributed by atoms with Gasteiger partial charge < -0.3 is 10.1 Å². The minimum Gasteiger partial charge on any atom is -0.381 e. The molecule has 1 aliphatic carbocycles. The number of aromatic nitrogens is 2. The number of rotatable bonds is 6. The minimum absolute atomic E-state index is 0.467. The summed E-state index contributed by atoms with van der Waals surface area (Å²) < 4.78 is 7.37. The average Bonchev–Trinajstić information content (AvgIpc) is 2.70. The van der Waals surface area contributed by atoms with Crippen LogP contribution in [-0.4, -0.2) is 29.0 Å². The van der Waals surface area contributed by atoms with E-state index in [1.807, 2.05) is 0 Å². The van der Waals surface area contributed by atoms with Crippen LogP contribution in [0.15, 0.2) is 6.07 Å². The summed E-state index contributed by atoms with van der Waals surface area (Å²) in [7, 11) is 1.79. The van der Waals surface area contributed by atoms with E-state index in [1.165, 1.54) is 11.4 Å². The molecule has 0 bridgehead atoms. The van der Waals surface area contributed by atoms with Gasteiger partial charge in [0.25, 0.3) is 0 Å². The van der Waals surface area contributed by atoms with Crippen molar-refractivity contribution in [1.82, 2.24) is 15.1 Å². The number of ether oxygens (including phenoxy) is 1. The fraction of sp³-hybridized carbons (Fsp3) is 0.769. The number of hydrogen-bond donors (Lipinski definition) is 1. The second-order valence-corrected chi connectivity index (χ2v) is 4.70. The lowest BCUT2D eigenvalue weighted by atomic mass is 9.89. The second kappa shape index (κ2) is 5.65. The highest BCUT2D eigenvalue weighted by Gasteiger charge is 2.28. The van der Waals surface area contributed by atoms with Crippen LogP contribution in [0.25, 0.3) is 0 Å². The van der Waals surface area contributed by atoms with Gasteiger partial charge in [0.15, 0.2) is 0 Å². The Hall–Kier alpha value is -0.870. The van der Waals surface area contributed by atoms with Crippen molar-refractivity contribution in [3.05, 3.63) is 17.5 Å². The molecule has 1 aromatic heterocycles. The highest BCUT2D eigenvalue weighted by molar-refractivity contribution is 5.10. The maximum atomic E-state index is 5.28. The van der Waals surface area contributed by atoms with Gasteiger partial charge in [-0.3, -0.25) is 4.68 Å². The van der Waals surface area contributed by atoms with Gasteiger partial charge in [-0.15, -0.1) is 0 Å². The lowest BCUT2D eigenvalue weighted by Crippen LogP contribution is -2.44. The molecule has 1 heterocycles. The molecule has 1 N–H and O–H groups in total. The van der Waals surface area contributed by atoms with Crippen molar-refractivity contribution in [3.8, 4) is 0 Å². The average molecular weight is 237 g/mol. The standard InChI is InChI=1S/C13H23N3O/c1-4-10-6-12(16(5-2)15-10)9-14-11-7-13(8-11)17-3/h6,11,13-14H,4-5,7-9H2,1-3H3. The van der Waals surface area contributed by atoms with Gasteiger partial charge in [0, 0.05) is 26.2 Å². The summed E-state index contributed by atoms with van der Waals surface area (Å²) >= 11 is 0. The van der Waals surface area contributed by atoms with Gasteiger partial charge in [-0.25, -0.2) is 0 Å². The van der Waals surface area contributed by atoms with Crippen LogP contribution in [0.3, 0.4) is 0 Å². The summed E-state index contributed by atoms with van der Waals surface area (Å²) in [5.74, 6) is 0. The molecule has 0 aromatic carbocycles. The van der Waals surface area contributed by atoms with Gasteiger partial charge in [-0.05, 0) is 32.3 Å². The first-order chi connectivity index (χ1) is 8.26. The fourth-order valence-corrected chi connectivity index (χ4v) is 2.28. The van der Waals surface area contributed by atoms with Crippen LogP contribution < -0.4 is 5.32 Å². The zero-order valence-corrected chi connectivity index (χ0v) is 11.1.